The maximum absolute atomic E-state index is 5.40. The number of rotatable bonds is 3. The Morgan fingerprint density at radius 2 is 1.83 bits per heavy atom. The summed E-state index contributed by atoms with van der Waals surface area (Å²) in [6, 6.07) is 0.621. The van der Waals surface area contributed by atoms with Gasteiger partial charge in [0.25, 0.3) is 0 Å². The van der Waals surface area contributed by atoms with E-state index in [9.17, 15) is 0 Å². The van der Waals surface area contributed by atoms with Crippen LogP contribution in [0.4, 0.5) is 0 Å². The van der Waals surface area contributed by atoms with E-state index in [1.165, 1.54) is 32.7 Å². The van der Waals surface area contributed by atoms with Gasteiger partial charge in [0, 0.05) is 58.0 Å². The first kappa shape index (κ1) is 14.3. The Labute approximate surface area is 112 Å². The number of nitrogens with one attached hydrogen (secondary N) is 1. The van der Waals surface area contributed by atoms with Crippen molar-refractivity contribution in [3.05, 3.63) is 0 Å². The van der Waals surface area contributed by atoms with Crippen molar-refractivity contribution in [2.24, 2.45) is 0 Å². The topological polar surface area (TPSA) is 27.7 Å². The van der Waals surface area contributed by atoms with Crippen molar-refractivity contribution in [1.82, 2.24) is 15.1 Å². The fourth-order valence-electron chi connectivity index (χ4n) is 3.01. The van der Waals surface area contributed by atoms with Gasteiger partial charge in [0.2, 0.25) is 0 Å². The zero-order valence-corrected chi connectivity index (χ0v) is 12.4. The molecule has 0 aromatic rings. The molecule has 4 nitrogen and oxygen atoms in total. The summed E-state index contributed by atoms with van der Waals surface area (Å²) in [7, 11) is 1.82. The summed E-state index contributed by atoms with van der Waals surface area (Å²) < 4.78 is 5.40. The van der Waals surface area contributed by atoms with E-state index in [2.05, 4.69) is 35.9 Å². The zero-order valence-electron chi connectivity index (χ0n) is 12.4. The van der Waals surface area contributed by atoms with Crippen LogP contribution >= 0.6 is 0 Å². The first-order chi connectivity index (χ1) is 8.49. The smallest absolute Gasteiger partial charge is 0.0711 e. The van der Waals surface area contributed by atoms with Crippen molar-refractivity contribution in [3.63, 3.8) is 0 Å². The second-order valence-corrected chi connectivity index (χ2v) is 6.66. The summed E-state index contributed by atoms with van der Waals surface area (Å²) >= 11 is 0. The van der Waals surface area contributed by atoms with Gasteiger partial charge >= 0.3 is 0 Å². The summed E-state index contributed by atoms with van der Waals surface area (Å²) in [5.74, 6) is 0. The van der Waals surface area contributed by atoms with Gasteiger partial charge in [-0.2, -0.15) is 0 Å². The second-order valence-electron chi connectivity index (χ2n) is 6.66. The molecule has 2 aliphatic heterocycles. The van der Waals surface area contributed by atoms with E-state index in [1.54, 1.807) is 0 Å². The van der Waals surface area contributed by atoms with Gasteiger partial charge in [0.1, 0.15) is 0 Å². The van der Waals surface area contributed by atoms with Gasteiger partial charge in [-0.15, -0.1) is 0 Å². The maximum Gasteiger partial charge on any atom is 0.0711 e. The molecule has 0 saturated carbocycles. The Balaban J connectivity index is 1.71. The molecular weight excluding hydrogens is 226 g/mol. The maximum atomic E-state index is 5.40. The first-order valence-corrected chi connectivity index (χ1v) is 7.22. The monoisotopic (exact) mass is 255 g/mol. The highest BCUT2D eigenvalue weighted by Crippen LogP contribution is 2.17. The molecule has 4 heteroatoms. The van der Waals surface area contributed by atoms with Gasteiger partial charge < -0.3 is 10.1 Å². The molecule has 2 rings (SSSR count). The van der Waals surface area contributed by atoms with Crippen LogP contribution in [0, 0.1) is 0 Å². The lowest BCUT2D eigenvalue weighted by Crippen LogP contribution is -2.55. The van der Waals surface area contributed by atoms with E-state index in [0.717, 1.165) is 13.0 Å². The van der Waals surface area contributed by atoms with Gasteiger partial charge in [0.15, 0.2) is 0 Å². The van der Waals surface area contributed by atoms with Gasteiger partial charge in [-0.05, 0) is 27.2 Å². The molecule has 0 amide bonds. The van der Waals surface area contributed by atoms with Crippen molar-refractivity contribution >= 4 is 0 Å². The molecule has 0 aromatic heterocycles. The zero-order chi connectivity index (χ0) is 13.2. The fraction of sp³-hybridized carbons (Fsp3) is 1.00. The normalized spacial score (nSPS) is 32.0. The Hall–Kier alpha value is -0.160. The Bertz CT molecular complexity index is 256. The second kappa shape index (κ2) is 5.87. The van der Waals surface area contributed by atoms with Crippen LogP contribution in [-0.2, 0) is 4.74 Å². The minimum Gasteiger partial charge on any atom is -0.380 e. The Morgan fingerprint density at radius 1 is 1.17 bits per heavy atom. The summed E-state index contributed by atoms with van der Waals surface area (Å²) in [5, 5.41) is 3.57. The number of nitrogens with zero attached hydrogens (tertiary/aromatic N) is 2. The predicted molar refractivity (Wildman–Crippen MR) is 75.0 cm³/mol. The summed E-state index contributed by atoms with van der Waals surface area (Å²) in [5.41, 5.74) is 0.318. The van der Waals surface area contributed by atoms with E-state index < -0.39 is 0 Å². The highest BCUT2D eigenvalue weighted by atomic mass is 16.5. The molecule has 2 saturated heterocycles. The summed E-state index contributed by atoms with van der Waals surface area (Å²) in [4.78, 5) is 5.18. The number of ether oxygens (including phenoxy) is 1. The lowest BCUT2D eigenvalue weighted by Gasteiger charge is -2.42. The van der Waals surface area contributed by atoms with Crippen LogP contribution in [-0.4, -0.2) is 73.9 Å². The first-order valence-electron chi connectivity index (χ1n) is 7.22. The van der Waals surface area contributed by atoms with E-state index >= 15 is 0 Å². The molecule has 2 fully saturated rings. The van der Waals surface area contributed by atoms with Crippen molar-refractivity contribution in [3.8, 4) is 0 Å². The molecular formula is C14H29N3O. The van der Waals surface area contributed by atoms with Crippen LogP contribution in [0.15, 0.2) is 0 Å². The van der Waals surface area contributed by atoms with Gasteiger partial charge in [-0.3, -0.25) is 9.80 Å². The van der Waals surface area contributed by atoms with Crippen LogP contribution in [0.2, 0.25) is 0 Å². The van der Waals surface area contributed by atoms with E-state index in [4.69, 9.17) is 4.74 Å². The summed E-state index contributed by atoms with van der Waals surface area (Å²) in [6.45, 7) is 13.9. The molecule has 0 aromatic carbocycles. The summed E-state index contributed by atoms with van der Waals surface area (Å²) in [6.07, 6.45) is 1.58. The predicted octanol–water partition coefficient (Wildman–Crippen LogP) is 0.779. The minimum absolute atomic E-state index is 0.318. The SMILES string of the molecule is COC1CNC(CN2CCN(C(C)(C)C)CC2)C1. The Morgan fingerprint density at radius 3 is 2.33 bits per heavy atom. The number of piperazine rings is 1. The molecule has 2 aliphatic rings. The average Bonchev–Trinajstić information content (AvgIpc) is 2.76. The van der Waals surface area contributed by atoms with Crippen LogP contribution in [0.25, 0.3) is 0 Å². The third-order valence-corrected chi connectivity index (χ3v) is 4.31. The van der Waals surface area contributed by atoms with E-state index in [1.807, 2.05) is 7.11 Å². The van der Waals surface area contributed by atoms with Crippen molar-refractivity contribution in [1.29, 1.82) is 0 Å². The third-order valence-electron chi connectivity index (χ3n) is 4.31. The number of hydrogen-bond donors (Lipinski definition) is 1. The average molecular weight is 255 g/mol. The van der Waals surface area contributed by atoms with Crippen LogP contribution < -0.4 is 5.32 Å². The molecule has 106 valence electrons. The van der Waals surface area contributed by atoms with Crippen molar-refractivity contribution in [2.75, 3.05) is 46.4 Å². The largest absolute Gasteiger partial charge is 0.380 e. The number of hydrogen-bond acceptors (Lipinski definition) is 4. The van der Waals surface area contributed by atoms with Gasteiger partial charge in [0.05, 0.1) is 6.10 Å². The van der Waals surface area contributed by atoms with Crippen molar-refractivity contribution < 1.29 is 4.74 Å². The fourth-order valence-corrected chi connectivity index (χ4v) is 3.01. The Kier molecular flexibility index (Phi) is 4.64. The third kappa shape index (κ3) is 3.67. The molecule has 0 spiro atoms. The molecule has 0 aliphatic carbocycles. The lowest BCUT2D eigenvalue weighted by molar-refractivity contribution is 0.0576. The van der Waals surface area contributed by atoms with Gasteiger partial charge in [-0.1, -0.05) is 0 Å². The van der Waals surface area contributed by atoms with Crippen LogP contribution in [0.1, 0.15) is 27.2 Å². The molecule has 0 bridgehead atoms. The molecule has 18 heavy (non-hydrogen) atoms. The van der Waals surface area contributed by atoms with Crippen LogP contribution in [0.5, 0.6) is 0 Å². The van der Waals surface area contributed by atoms with Crippen molar-refractivity contribution in [2.45, 2.75) is 44.9 Å². The number of methoxy groups -OCH3 is 1. The highest BCUT2D eigenvalue weighted by molar-refractivity contribution is 4.87. The van der Waals surface area contributed by atoms with E-state index in [-0.39, 0.29) is 0 Å². The molecule has 2 heterocycles. The molecule has 2 unspecified atom stereocenters. The molecule has 2 atom stereocenters. The molecule has 1 N–H and O–H groups in total. The van der Waals surface area contributed by atoms with Crippen LogP contribution in [0.3, 0.4) is 0 Å². The lowest BCUT2D eigenvalue weighted by atomic mass is 10.0. The molecule has 0 radical (unpaired) electrons. The van der Waals surface area contributed by atoms with E-state index in [0.29, 0.717) is 17.7 Å². The highest BCUT2D eigenvalue weighted by Gasteiger charge is 2.29. The van der Waals surface area contributed by atoms with Gasteiger partial charge in [-0.25, -0.2) is 0 Å². The standard InChI is InChI=1S/C14H29N3O/c1-14(2,3)17-7-5-16(6-8-17)11-12-9-13(18-4)10-15-12/h12-13,15H,5-11H2,1-4H3. The minimum atomic E-state index is 0.318. The quantitative estimate of drug-likeness (QED) is 0.806.